The Labute approximate surface area is 125 Å². The topological polar surface area (TPSA) is 58.6 Å². The number of carbonyl (C=O) groups is 1. The summed E-state index contributed by atoms with van der Waals surface area (Å²) in [6, 6.07) is 0.258. The maximum Gasteiger partial charge on any atom is 0.341 e. The van der Waals surface area contributed by atoms with Crippen molar-refractivity contribution in [3.63, 3.8) is 0 Å². The first kappa shape index (κ1) is 14.4. The lowest BCUT2D eigenvalue weighted by atomic mass is 10.1. The molecule has 0 amide bonds. The Kier molecular flexibility index (Phi) is 4.17. The largest absolute Gasteiger partial charge is 0.462 e. The van der Waals surface area contributed by atoms with Gasteiger partial charge in [0.25, 0.3) is 0 Å². The van der Waals surface area contributed by atoms with Crippen LogP contribution in [-0.4, -0.2) is 65.1 Å². The number of esters is 1. The third-order valence-corrected chi connectivity index (χ3v) is 4.29. The number of piperazine rings is 3. The Hall–Kier alpha value is -1.53. The Balaban J connectivity index is 1.86. The number of aryl methyl sites for hydroxylation is 1. The van der Waals surface area contributed by atoms with E-state index in [1.54, 1.807) is 13.1 Å². The number of rotatable bonds is 4. The number of carbonyl (C=O) groups excluding carboxylic acids is 1. The zero-order valence-corrected chi connectivity index (χ0v) is 12.7. The van der Waals surface area contributed by atoms with Crippen LogP contribution in [-0.2, 0) is 11.2 Å². The molecule has 6 heteroatoms. The Bertz CT molecular complexity index is 526. The van der Waals surface area contributed by atoms with Gasteiger partial charge in [-0.15, -0.1) is 0 Å². The van der Waals surface area contributed by atoms with Gasteiger partial charge < -0.3 is 4.74 Å². The van der Waals surface area contributed by atoms with Crippen LogP contribution in [0.2, 0.25) is 0 Å². The lowest BCUT2D eigenvalue weighted by Gasteiger charge is -2.46. The lowest BCUT2D eigenvalue weighted by Crippen LogP contribution is -2.57. The molecule has 4 heterocycles. The summed E-state index contributed by atoms with van der Waals surface area (Å²) in [5, 5.41) is 0. The van der Waals surface area contributed by atoms with E-state index in [4.69, 9.17) is 4.74 Å². The standard InChI is InChI=1S/C15H22N4O2/c1-3-12-11(15(20)21-4-2)9-16-14(17-12)13-10-18-5-7-19(13)8-6-18/h9,13H,3-8,10H2,1-2H3. The minimum absolute atomic E-state index is 0.258. The highest BCUT2D eigenvalue weighted by atomic mass is 16.5. The molecule has 1 atom stereocenters. The Morgan fingerprint density at radius 2 is 2.10 bits per heavy atom. The summed E-state index contributed by atoms with van der Waals surface area (Å²) in [6.45, 7) is 9.60. The van der Waals surface area contributed by atoms with Gasteiger partial charge in [0.1, 0.15) is 5.82 Å². The monoisotopic (exact) mass is 290 g/mol. The molecule has 0 saturated carbocycles. The van der Waals surface area contributed by atoms with Gasteiger partial charge in [0, 0.05) is 38.9 Å². The third-order valence-electron chi connectivity index (χ3n) is 4.29. The number of nitrogens with zero attached hydrogens (tertiary/aromatic N) is 4. The fourth-order valence-corrected chi connectivity index (χ4v) is 3.10. The van der Waals surface area contributed by atoms with E-state index in [0.29, 0.717) is 18.6 Å². The molecule has 0 spiro atoms. The van der Waals surface area contributed by atoms with Crippen LogP contribution in [0.15, 0.2) is 6.20 Å². The second-order valence-electron chi connectivity index (χ2n) is 5.51. The van der Waals surface area contributed by atoms with Gasteiger partial charge in [0.2, 0.25) is 0 Å². The molecule has 4 rings (SSSR count). The molecule has 3 saturated heterocycles. The van der Waals surface area contributed by atoms with Crippen LogP contribution in [0, 0.1) is 0 Å². The van der Waals surface area contributed by atoms with Crippen LogP contribution in [0.1, 0.15) is 41.8 Å². The van der Waals surface area contributed by atoms with Gasteiger partial charge in [-0.2, -0.15) is 0 Å². The zero-order valence-electron chi connectivity index (χ0n) is 12.7. The highest BCUT2D eigenvalue weighted by Gasteiger charge is 2.34. The summed E-state index contributed by atoms with van der Waals surface area (Å²) >= 11 is 0. The molecule has 21 heavy (non-hydrogen) atoms. The number of hydrogen-bond donors (Lipinski definition) is 0. The van der Waals surface area contributed by atoms with Crippen LogP contribution in [0.25, 0.3) is 0 Å². The van der Waals surface area contributed by atoms with Gasteiger partial charge in [-0.25, -0.2) is 14.8 Å². The van der Waals surface area contributed by atoms with Crippen molar-refractivity contribution in [2.45, 2.75) is 26.3 Å². The van der Waals surface area contributed by atoms with E-state index in [0.717, 1.165) is 44.2 Å². The van der Waals surface area contributed by atoms with E-state index < -0.39 is 0 Å². The normalized spacial score (nSPS) is 27.6. The summed E-state index contributed by atoms with van der Waals surface area (Å²) in [4.78, 5) is 25.9. The van der Waals surface area contributed by atoms with Crippen LogP contribution >= 0.6 is 0 Å². The highest BCUT2D eigenvalue weighted by Crippen LogP contribution is 2.27. The van der Waals surface area contributed by atoms with Crippen molar-refractivity contribution in [1.29, 1.82) is 0 Å². The molecule has 3 fully saturated rings. The summed E-state index contributed by atoms with van der Waals surface area (Å²) in [6.07, 6.45) is 2.35. The van der Waals surface area contributed by atoms with Gasteiger partial charge in [0.05, 0.1) is 23.9 Å². The average molecular weight is 290 g/mol. The van der Waals surface area contributed by atoms with E-state index in [1.165, 1.54) is 0 Å². The molecule has 3 aliphatic rings. The molecule has 0 aliphatic carbocycles. The van der Waals surface area contributed by atoms with E-state index in [9.17, 15) is 4.79 Å². The molecule has 2 bridgehead atoms. The van der Waals surface area contributed by atoms with E-state index in [1.807, 2.05) is 6.92 Å². The maximum atomic E-state index is 11.9. The molecular weight excluding hydrogens is 268 g/mol. The molecule has 3 aliphatic heterocycles. The first-order valence-electron chi connectivity index (χ1n) is 7.72. The fraction of sp³-hybridized carbons (Fsp3) is 0.667. The van der Waals surface area contributed by atoms with Crippen molar-refractivity contribution in [1.82, 2.24) is 19.8 Å². The molecular formula is C15H22N4O2. The van der Waals surface area contributed by atoms with Gasteiger partial charge in [-0.1, -0.05) is 6.92 Å². The zero-order chi connectivity index (χ0) is 14.8. The Morgan fingerprint density at radius 1 is 1.33 bits per heavy atom. The fourth-order valence-electron chi connectivity index (χ4n) is 3.10. The summed E-state index contributed by atoms with van der Waals surface area (Å²) in [7, 11) is 0. The minimum atomic E-state index is -0.324. The van der Waals surface area contributed by atoms with Crippen LogP contribution < -0.4 is 0 Å². The van der Waals surface area contributed by atoms with E-state index in [2.05, 4.69) is 19.8 Å². The van der Waals surface area contributed by atoms with Gasteiger partial charge >= 0.3 is 5.97 Å². The van der Waals surface area contributed by atoms with Crippen molar-refractivity contribution < 1.29 is 9.53 Å². The molecule has 0 radical (unpaired) electrons. The number of aromatic nitrogens is 2. The smallest absolute Gasteiger partial charge is 0.341 e. The molecule has 1 aromatic rings. The summed E-state index contributed by atoms with van der Waals surface area (Å²) in [5.41, 5.74) is 1.29. The second kappa shape index (κ2) is 6.07. The maximum absolute atomic E-state index is 11.9. The highest BCUT2D eigenvalue weighted by molar-refractivity contribution is 5.90. The molecule has 114 valence electrons. The SMILES string of the molecule is CCOC(=O)c1cnc(C2CN3CCN2CC3)nc1CC. The predicted octanol–water partition coefficient (Wildman–Crippen LogP) is 0.888. The molecule has 1 aromatic heterocycles. The van der Waals surface area contributed by atoms with Crippen molar-refractivity contribution in [3.8, 4) is 0 Å². The first-order chi connectivity index (χ1) is 10.2. The van der Waals surface area contributed by atoms with Crippen LogP contribution in [0.4, 0.5) is 0 Å². The molecule has 0 aromatic carbocycles. The van der Waals surface area contributed by atoms with Gasteiger partial charge in [-0.05, 0) is 13.3 Å². The van der Waals surface area contributed by atoms with Crippen molar-refractivity contribution >= 4 is 5.97 Å². The molecule has 6 nitrogen and oxygen atoms in total. The number of ether oxygens (including phenoxy) is 1. The summed E-state index contributed by atoms with van der Waals surface area (Å²) in [5.74, 6) is 0.513. The van der Waals surface area contributed by atoms with E-state index >= 15 is 0 Å². The van der Waals surface area contributed by atoms with E-state index in [-0.39, 0.29) is 12.0 Å². The average Bonchev–Trinajstić information content (AvgIpc) is 2.55. The van der Waals surface area contributed by atoms with Crippen LogP contribution in [0.5, 0.6) is 0 Å². The van der Waals surface area contributed by atoms with Crippen molar-refractivity contribution in [2.75, 3.05) is 39.3 Å². The first-order valence-corrected chi connectivity index (χ1v) is 7.72. The quantitative estimate of drug-likeness (QED) is 0.768. The molecule has 0 N–H and O–H groups in total. The van der Waals surface area contributed by atoms with Crippen molar-refractivity contribution in [2.24, 2.45) is 0 Å². The minimum Gasteiger partial charge on any atom is -0.462 e. The second-order valence-corrected chi connectivity index (χ2v) is 5.51. The molecule has 1 unspecified atom stereocenters. The van der Waals surface area contributed by atoms with Crippen LogP contribution in [0.3, 0.4) is 0 Å². The Morgan fingerprint density at radius 3 is 2.67 bits per heavy atom. The summed E-state index contributed by atoms with van der Waals surface area (Å²) < 4.78 is 5.07. The lowest BCUT2D eigenvalue weighted by molar-refractivity contribution is 0.00850. The number of hydrogen-bond acceptors (Lipinski definition) is 6. The third kappa shape index (κ3) is 2.78. The van der Waals surface area contributed by atoms with Gasteiger partial charge in [-0.3, -0.25) is 9.80 Å². The predicted molar refractivity (Wildman–Crippen MR) is 78.1 cm³/mol. The number of fused-ring (bicyclic) bond motifs is 3. The van der Waals surface area contributed by atoms with Gasteiger partial charge in [0.15, 0.2) is 0 Å². The van der Waals surface area contributed by atoms with Crippen molar-refractivity contribution in [3.05, 3.63) is 23.3 Å².